The van der Waals surface area contributed by atoms with Gasteiger partial charge in [-0.3, -0.25) is 19.6 Å². The highest BCUT2D eigenvalue weighted by Gasteiger charge is 2.10. The molecule has 1 heterocycles. The Morgan fingerprint density at radius 3 is 2.67 bits per heavy atom. The molecule has 0 fully saturated rings. The Morgan fingerprint density at radius 2 is 1.96 bits per heavy atom. The van der Waals surface area contributed by atoms with Crippen LogP contribution in [0.5, 0.6) is 0 Å². The molecule has 0 aliphatic rings. The molecule has 0 aliphatic carbocycles. The molecule has 0 radical (unpaired) electrons. The van der Waals surface area contributed by atoms with Gasteiger partial charge in [0, 0.05) is 23.9 Å². The minimum atomic E-state index is -0.537. The predicted octanol–water partition coefficient (Wildman–Crippen LogP) is 2.74. The second-order valence-corrected chi connectivity index (χ2v) is 5.54. The van der Waals surface area contributed by atoms with Gasteiger partial charge in [0.05, 0.1) is 17.7 Å². The molecule has 0 aliphatic heterocycles. The highest BCUT2D eigenvalue weighted by molar-refractivity contribution is 5.93. The van der Waals surface area contributed by atoms with Crippen molar-refractivity contribution >= 4 is 17.8 Å². The fraction of sp³-hybridized carbons (Fsp3) is 0.0556. The van der Waals surface area contributed by atoms with Gasteiger partial charge in [0.1, 0.15) is 5.82 Å². The van der Waals surface area contributed by atoms with Gasteiger partial charge in [-0.25, -0.2) is 9.82 Å². The van der Waals surface area contributed by atoms with Gasteiger partial charge in [0.2, 0.25) is 0 Å². The van der Waals surface area contributed by atoms with Gasteiger partial charge in [-0.2, -0.15) is 10.2 Å². The van der Waals surface area contributed by atoms with Crippen LogP contribution in [0.2, 0.25) is 0 Å². The standard InChI is InChI=1S/C18H14FN5O3/c19-16-4-2-1-3-14(16)11-20-21-18(25)17-9-10-23(22-17)12-13-5-7-15(8-6-13)24(26)27/h1-11H,12H2,(H,21,25). The van der Waals surface area contributed by atoms with E-state index in [-0.39, 0.29) is 16.9 Å². The number of halogens is 1. The van der Waals surface area contributed by atoms with Crippen molar-refractivity contribution in [2.75, 3.05) is 0 Å². The minimum absolute atomic E-state index is 0.00648. The van der Waals surface area contributed by atoms with Crippen molar-refractivity contribution in [1.82, 2.24) is 15.2 Å². The van der Waals surface area contributed by atoms with Crippen LogP contribution in [0.3, 0.4) is 0 Å². The van der Waals surface area contributed by atoms with E-state index in [1.54, 1.807) is 30.5 Å². The van der Waals surface area contributed by atoms with Crippen molar-refractivity contribution < 1.29 is 14.1 Å². The zero-order chi connectivity index (χ0) is 19.2. The number of hydrazone groups is 1. The van der Waals surface area contributed by atoms with Crippen molar-refractivity contribution in [3.63, 3.8) is 0 Å². The lowest BCUT2D eigenvalue weighted by Crippen LogP contribution is -2.18. The lowest BCUT2D eigenvalue weighted by atomic mass is 10.2. The van der Waals surface area contributed by atoms with Crippen LogP contribution >= 0.6 is 0 Å². The molecule has 0 unspecified atom stereocenters. The quantitative estimate of drug-likeness (QED) is 0.411. The number of nitro benzene ring substituents is 1. The average molecular weight is 367 g/mol. The van der Waals surface area contributed by atoms with E-state index in [9.17, 15) is 19.3 Å². The number of hydrogen-bond donors (Lipinski definition) is 1. The number of aromatic nitrogens is 2. The zero-order valence-electron chi connectivity index (χ0n) is 13.9. The summed E-state index contributed by atoms with van der Waals surface area (Å²) in [4.78, 5) is 22.2. The third-order valence-electron chi connectivity index (χ3n) is 3.64. The van der Waals surface area contributed by atoms with Gasteiger partial charge in [-0.1, -0.05) is 30.3 Å². The number of nitrogens with one attached hydrogen (secondary N) is 1. The summed E-state index contributed by atoms with van der Waals surface area (Å²) in [5.74, 6) is -0.979. The number of amides is 1. The molecular weight excluding hydrogens is 353 g/mol. The smallest absolute Gasteiger partial charge is 0.268 e. The van der Waals surface area contributed by atoms with Crippen LogP contribution in [0.15, 0.2) is 65.9 Å². The molecule has 8 nitrogen and oxygen atoms in total. The molecule has 136 valence electrons. The summed E-state index contributed by atoms with van der Waals surface area (Å²) < 4.78 is 15.0. The third-order valence-corrected chi connectivity index (χ3v) is 3.64. The van der Waals surface area contributed by atoms with E-state index in [2.05, 4.69) is 15.6 Å². The van der Waals surface area contributed by atoms with Crippen LogP contribution in [0.25, 0.3) is 0 Å². The third kappa shape index (κ3) is 4.60. The number of rotatable bonds is 6. The van der Waals surface area contributed by atoms with E-state index in [4.69, 9.17) is 0 Å². The highest BCUT2D eigenvalue weighted by Crippen LogP contribution is 2.12. The molecule has 2 aromatic carbocycles. The maximum atomic E-state index is 13.5. The highest BCUT2D eigenvalue weighted by atomic mass is 19.1. The van der Waals surface area contributed by atoms with Crippen molar-refractivity contribution in [3.8, 4) is 0 Å². The maximum Gasteiger partial charge on any atom is 0.291 e. The topological polar surface area (TPSA) is 102 Å². The second-order valence-electron chi connectivity index (χ2n) is 5.54. The van der Waals surface area contributed by atoms with Gasteiger partial charge in [-0.05, 0) is 17.7 Å². The molecule has 0 saturated carbocycles. The summed E-state index contributed by atoms with van der Waals surface area (Å²) in [7, 11) is 0. The van der Waals surface area contributed by atoms with Gasteiger partial charge in [-0.15, -0.1) is 0 Å². The first-order valence-electron chi connectivity index (χ1n) is 7.87. The molecule has 0 bridgehead atoms. The molecule has 1 amide bonds. The molecule has 1 aromatic heterocycles. The number of nitrogens with zero attached hydrogens (tertiary/aromatic N) is 4. The summed E-state index contributed by atoms with van der Waals surface area (Å²) in [6.07, 6.45) is 2.82. The second kappa shape index (κ2) is 8.00. The predicted molar refractivity (Wildman–Crippen MR) is 95.9 cm³/mol. The van der Waals surface area contributed by atoms with Crippen LogP contribution in [-0.4, -0.2) is 26.8 Å². The monoisotopic (exact) mass is 367 g/mol. The van der Waals surface area contributed by atoms with Crippen molar-refractivity contribution in [3.05, 3.63) is 93.5 Å². The van der Waals surface area contributed by atoms with Gasteiger partial charge >= 0.3 is 0 Å². The lowest BCUT2D eigenvalue weighted by Gasteiger charge is -2.01. The Morgan fingerprint density at radius 1 is 1.22 bits per heavy atom. The number of carbonyl (C=O) groups is 1. The van der Waals surface area contributed by atoms with Crippen LogP contribution in [0, 0.1) is 15.9 Å². The largest absolute Gasteiger partial charge is 0.291 e. The van der Waals surface area contributed by atoms with E-state index in [0.717, 1.165) is 5.56 Å². The lowest BCUT2D eigenvalue weighted by molar-refractivity contribution is -0.384. The number of nitro groups is 1. The summed E-state index contributed by atoms with van der Waals surface area (Å²) >= 11 is 0. The summed E-state index contributed by atoms with van der Waals surface area (Å²) in [6.45, 7) is 0.351. The van der Waals surface area contributed by atoms with E-state index >= 15 is 0 Å². The van der Waals surface area contributed by atoms with Crippen LogP contribution in [0.4, 0.5) is 10.1 Å². The van der Waals surface area contributed by atoms with Crippen molar-refractivity contribution in [1.29, 1.82) is 0 Å². The summed E-state index contributed by atoms with van der Waals surface area (Å²) in [5.41, 5.74) is 3.48. The van der Waals surface area contributed by atoms with Crippen molar-refractivity contribution in [2.45, 2.75) is 6.54 Å². The average Bonchev–Trinajstić information content (AvgIpc) is 3.12. The SMILES string of the molecule is O=C(NN=Cc1ccccc1F)c1ccn(Cc2ccc([N+](=O)[O-])cc2)n1. The normalized spacial score (nSPS) is 10.9. The summed E-state index contributed by atoms with van der Waals surface area (Å²) in [5, 5.41) is 18.5. The number of hydrogen-bond acceptors (Lipinski definition) is 5. The van der Waals surface area contributed by atoms with E-state index in [1.807, 2.05) is 0 Å². The van der Waals surface area contributed by atoms with Crippen LogP contribution < -0.4 is 5.43 Å². The van der Waals surface area contributed by atoms with Crippen LogP contribution in [-0.2, 0) is 6.54 Å². The van der Waals surface area contributed by atoms with Gasteiger partial charge < -0.3 is 0 Å². The molecule has 9 heteroatoms. The molecule has 3 aromatic rings. The van der Waals surface area contributed by atoms with Gasteiger partial charge in [0.25, 0.3) is 11.6 Å². The van der Waals surface area contributed by atoms with E-state index in [0.29, 0.717) is 6.54 Å². The first kappa shape index (κ1) is 17.9. The number of carbonyl (C=O) groups excluding carboxylic acids is 1. The van der Waals surface area contributed by atoms with E-state index < -0.39 is 16.6 Å². The summed E-state index contributed by atoms with van der Waals surface area (Å²) in [6, 6.07) is 13.6. The minimum Gasteiger partial charge on any atom is -0.268 e. The Hall–Kier alpha value is -3.88. The molecule has 1 N–H and O–H groups in total. The molecule has 27 heavy (non-hydrogen) atoms. The number of non-ortho nitro benzene ring substituents is 1. The Balaban J connectivity index is 1.60. The van der Waals surface area contributed by atoms with E-state index in [1.165, 1.54) is 41.2 Å². The van der Waals surface area contributed by atoms with Gasteiger partial charge in [0.15, 0.2) is 5.69 Å². The molecule has 0 atom stereocenters. The molecule has 0 saturated heterocycles. The molecule has 0 spiro atoms. The Kier molecular flexibility index (Phi) is 5.31. The Bertz CT molecular complexity index is 998. The fourth-order valence-corrected chi connectivity index (χ4v) is 2.28. The zero-order valence-corrected chi connectivity index (χ0v) is 13.9. The first-order chi connectivity index (χ1) is 13.0. The number of benzene rings is 2. The van der Waals surface area contributed by atoms with Crippen molar-refractivity contribution in [2.24, 2.45) is 5.10 Å². The fourth-order valence-electron chi connectivity index (χ4n) is 2.28. The Labute approximate surface area is 153 Å². The first-order valence-corrected chi connectivity index (χ1v) is 7.87. The molecular formula is C18H14FN5O3. The van der Waals surface area contributed by atoms with Crippen LogP contribution in [0.1, 0.15) is 21.6 Å². The maximum absolute atomic E-state index is 13.5. The molecule has 3 rings (SSSR count).